The summed E-state index contributed by atoms with van der Waals surface area (Å²) >= 11 is 0. The highest BCUT2D eigenvalue weighted by Crippen LogP contribution is 2.19. The predicted molar refractivity (Wildman–Crippen MR) is 102 cm³/mol. The van der Waals surface area contributed by atoms with Gasteiger partial charge in [-0.2, -0.15) is 0 Å². The number of hydrogen-bond acceptors (Lipinski definition) is 4. The first-order chi connectivity index (χ1) is 12.3. The molecule has 0 saturated heterocycles. The fourth-order valence-corrected chi connectivity index (χ4v) is 2.44. The van der Waals surface area contributed by atoms with Crippen LogP contribution in [-0.4, -0.2) is 40.8 Å². The van der Waals surface area contributed by atoms with E-state index in [1.807, 2.05) is 44.2 Å². The maximum Gasteiger partial charge on any atom is 0.410 e. The number of nitrogens with zero attached hydrogens (tertiary/aromatic N) is 1. The third kappa shape index (κ3) is 6.78. The van der Waals surface area contributed by atoms with Gasteiger partial charge in [-0.1, -0.05) is 44.2 Å². The molecule has 6 nitrogen and oxygen atoms in total. The maximum absolute atomic E-state index is 12.1. The van der Waals surface area contributed by atoms with Crippen LogP contribution in [0.25, 0.3) is 0 Å². The van der Waals surface area contributed by atoms with Crippen LogP contribution < -0.4 is 5.32 Å². The fraction of sp³-hybridized carbons (Fsp3) is 0.500. The first-order valence-electron chi connectivity index (χ1n) is 8.97. The lowest BCUT2D eigenvalue weighted by Crippen LogP contribution is -2.43. The molecule has 0 aliphatic carbocycles. The Labute approximate surface area is 155 Å². The number of hydrogen-bond donors (Lipinski definition) is 2. The molecular formula is C20H30N2O4. The first-order valence-corrected chi connectivity index (χ1v) is 8.97. The first kappa shape index (κ1) is 21.5. The van der Waals surface area contributed by atoms with Gasteiger partial charge in [0.15, 0.2) is 0 Å². The predicted octanol–water partition coefficient (Wildman–Crippen LogP) is 3.78. The quantitative estimate of drug-likeness (QED) is 0.852. The monoisotopic (exact) mass is 362 g/mol. The second kappa shape index (κ2) is 9.85. The summed E-state index contributed by atoms with van der Waals surface area (Å²) in [6, 6.07) is 9.77. The Morgan fingerprint density at radius 3 is 2.35 bits per heavy atom. The minimum atomic E-state index is -1.01. The Hall–Kier alpha value is -2.50. The Balaban J connectivity index is 0.00000163. The number of rotatable bonds is 4. The van der Waals surface area contributed by atoms with Crippen LogP contribution in [0.15, 0.2) is 41.6 Å². The Morgan fingerprint density at radius 2 is 1.81 bits per heavy atom. The molecule has 2 N–H and O–H groups in total. The second-order valence-corrected chi connectivity index (χ2v) is 6.75. The van der Waals surface area contributed by atoms with E-state index in [2.05, 4.69) is 5.32 Å². The number of carboxylic acids is 1. The van der Waals surface area contributed by atoms with Gasteiger partial charge >= 0.3 is 12.1 Å². The van der Waals surface area contributed by atoms with Crippen LogP contribution in [0.4, 0.5) is 4.79 Å². The van der Waals surface area contributed by atoms with Crippen molar-refractivity contribution in [3.05, 3.63) is 47.2 Å². The molecule has 0 fully saturated rings. The van der Waals surface area contributed by atoms with Crippen molar-refractivity contribution >= 4 is 12.1 Å². The largest absolute Gasteiger partial charge is 0.478 e. The van der Waals surface area contributed by atoms with Crippen molar-refractivity contribution in [3.8, 4) is 0 Å². The lowest BCUT2D eigenvalue weighted by molar-refractivity contribution is -0.133. The zero-order chi connectivity index (χ0) is 19.7. The zero-order valence-corrected chi connectivity index (χ0v) is 16.3. The van der Waals surface area contributed by atoms with E-state index < -0.39 is 17.7 Å². The van der Waals surface area contributed by atoms with Crippen LogP contribution >= 0.6 is 0 Å². The third-order valence-electron chi connectivity index (χ3n) is 3.60. The number of benzene rings is 1. The molecule has 0 aromatic heterocycles. The van der Waals surface area contributed by atoms with Crippen molar-refractivity contribution in [1.82, 2.24) is 10.2 Å². The summed E-state index contributed by atoms with van der Waals surface area (Å²) in [6.45, 7) is 10.4. The minimum absolute atomic E-state index is 0.0430. The van der Waals surface area contributed by atoms with Gasteiger partial charge < -0.3 is 20.1 Å². The molecule has 0 spiro atoms. The van der Waals surface area contributed by atoms with Gasteiger partial charge in [-0.15, -0.1) is 0 Å². The van der Waals surface area contributed by atoms with Gasteiger partial charge in [0.05, 0.1) is 12.1 Å². The van der Waals surface area contributed by atoms with Crippen LogP contribution in [0.2, 0.25) is 0 Å². The average Bonchev–Trinajstić information content (AvgIpc) is 2.61. The molecule has 1 aromatic carbocycles. The van der Waals surface area contributed by atoms with E-state index in [-0.39, 0.29) is 12.1 Å². The molecule has 1 amide bonds. The van der Waals surface area contributed by atoms with Crippen molar-refractivity contribution < 1.29 is 19.4 Å². The van der Waals surface area contributed by atoms with E-state index in [9.17, 15) is 14.7 Å². The van der Waals surface area contributed by atoms with E-state index in [0.29, 0.717) is 25.2 Å². The molecule has 2 rings (SSSR count). The second-order valence-electron chi connectivity index (χ2n) is 6.75. The Morgan fingerprint density at radius 1 is 1.19 bits per heavy atom. The van der Waals surface area contributed by atoms with Crippen molar-refractivity contribution in [2.75, 3.05) is 13.1 Å². The van der Waals surface area contributed by atoms with Crippen LogP contribution in [-0.2, 0) is 16.1 Å². The molecule has 26 heavy (non-hydrogen) atoms. The number of carbonyl (C=O) groups is 2. The molecule has 1 aliphatic heterocycles. The zero-order valence-electron chi connectivity index (χ0n) is 16.3. The minimum Gasteiger partial charge on any atom is -0.478 e. The van der Waals surface area contributed by atoms with E-state index in [1.54, 1.807) is 20.8 Å². The molecule has 1 heterocycles. The van der Waals surface area contributed by atoms with Gasteiger partial charge in [0.2, 0.25) is 0 Å². The summed E-state index contributed by atoms with van der Waals surface area (Å²) in [7, 11) is 0. The molecule has 1 aromatic rings. The lowest BCUT2D eigenvalue weighted by atomic mass is 10.1. The summed E-state index contributed by atoms with van der Waals surface area (Å²) in [5.41, 5.74) is 1.36. The third-order valence-corrected chi connectivity index (χ3v) is 3.60. The molecule has 1 aliphatic rings. The topological polar surface area (TPSA) is 78.9 Å². The number of amides is 1. The highest BCUT2D eigenvalue weighted by atomic mass is 16.6. The fourth-order valence-electron chi connectivity index (χ4n) is 2.44. The number of carboxylic acid groups (broad SMARTS) is 1. The van der Waals surface area contributed by atoms with Gasteiger partial charge in [0.1, 0.15) is 5.60 Å². The number of aliphatic carboxylic acids is 1. The normalized spacial score (nSPS) is 14.3. The Kier molecular flexibility index (Phi) is 8.16. The molecule has 0 saturated carbocycles. The summed E-state index contributed by atoms with van der Waals surface area (Å²) in [6.07, 6.45) is -0.0170. The molecule has 6 heteroatoms. The van der Waals surface area contributed by atoms with E-state index in [4.69, 9.17) is 4.74 Å². The van der Waals surface area contributed by atoms with Crippen molar-refractivity contribution in [3.63, 3.8) is 0 Å². The van der Waals surface area contributed by atoms with Crippen molar-refractivity contribution in [2.24, 2.45) is 0 Å². The lowest BCUT2D eigenvalue weighted by Gasteiger charge is -2.31. The molecule has 0 atom stereocenters. The highest BCUT2D eigenvalue weighted by molar-refractivity contribution is 5.89. The summed E-state index contributed by atoms with van der Waals surface area (Å²) in [5.74, 6) is -1.01. The molecule has 144 valence electrons. The molecular weight excluding hydrogens is 332 g/mol. The summed E-state index contributed by atoms with van der Waals surface area (Å²) < 4.78 is 5.32. The highest BCUT2D eigenvalue weighted by Gasteiger charge is 2.29. The molecule has 0 bridgehead atoms. The Bertz CT molecular complexity index is 633. The van der Waals surface area contributed by atoms with E-state index in [1.165, 1.54) is 4.90 Å². The van der Waals surface area contributed by atoms with Gasteiger partial charge in [0, 0.05) is 25.2 Å². The van der Waals surface area contributed by atoms with Crippen LogP contribution in [0.5, 0.6) is 0 Å². The van der Waals surface area contributed by atoms with Crippen LogP contribution in [0, 0.1) is 0 Å². The maximum atomic E-state index is 12.1. The summed E-state index contributed by atoms with van der Waals surface area (Å²) in [4.78, 5) is 25.1. The molecule has 0 unspecified atom stereocenters. The smallest absolute Gasteiger partial charge is 0.410 e. The summed E-state index contributed by atoms with van der Waals surface area (Å²) in [5, 5.41) is 12.7. The molecule has 0 radical (unpaired) electrons. The van der Waals surface area contributed by atoms with Gasteiger partial charge in [-0.3, -0.25) is 0 Å². The van der Waals surface area contributed by atoms with Crippen molar-refractivity contribution in [1.29, 1.82) is 0 Å². The average molecular weight is 362 g/mol. The van der Waals surface area contributed by atoms with Crippen molar-refractivity contribution in [2.45, 2.75) is 53.2 Å². The number of nitrogens with one attached hydrogen (secondary N) is 1. The van der Waals surface area contributed by atoms with Gasteiger partial charge in [-0.05, 0) is 26.3 Å². The van der Waals surface area contributed by atoms with E-state index in [0.717, 1.165) is 5.56 Å². The van der Waals surface area contributed by atoms with Gasteiger partial charge in [0.25, 0.3) is 0 Å². The van der Waals surface area contributed by atoms with Crippen LogP contribution in [0.3, 0.4) is 0 Å². The van der Waals surface area contributed by atoms with E-state index >= 15 is 0 Å². The number of ether oxygens (including phenoxy) is 1. The standard InChI is InChI=1S/C18H24N2O4.C2H6/c1-18(2,3)24-17(23)20-10-9-15(14(12-20)16(21)22)19-11-13-7-5-4-6-8-13;1-2/h4-8,19H,9-12H2,1-3H3,(H,21,22);1-2H3. The number of carbonyl (C=O) groups excluding carboxylic acids is 1. The SMILES string of the molecule is CC.CC(C)(C)OC(=O)N1CCC(NCc2ccccc2)=C(C(=O)O)C1. The van der Waals surface area contributed by atoms with Crippen LogP contribution in [0.1, 0.15) is 46.6 Å². The van der Waals surface area contributed by atoms with Gasteiger partial charge in [-0.25, -0.2) is 9.59 Å².